The molecule has 1 aliphatic rings. The number of benzene rings is 1. The van der Waals surface area contributed by atoms with E-state index in [1.165, 1.54) is 0 Å². The lowest BCUT2D eigenvalue weighted by atomic mass is 10.1. The van der Waals surface area contributed by atoms with Gasteiger partial charge in [-0.25, -0.2) is 0 Å². The van der Waals surface area contributed by atoms with Crippen LogP contribution in [0.5, 0.6) is 0 Å². The maximum absolute atomic E-state index is 11.5. The maximum atomic E-state index is 11.5. The molecule has 0 aliphatic carbocycles. The quantitative estimate of drug-likeness (QED) is 0.895. The van der Waals surface area contributed by atoms with E-state index in [-0.39, 0.29) is 16.9 Å². The standard InChI is InChI=1S/C13H15NO2S/c1-8(15)3-4-10-5-6-12-11(7-10)14-13(16)9(2)17-12/h5-7,9H,3-4H2,1-2H3,(H,14,16). The zero-order valence-corrected chi connectivity index (χ0v) is 10.8. The number of aryl methyl sites for hydroxylation is 1. The van der Waals surface area contributed by atoms with E-state index in [0.29, 0.717) is 6.42 Å². The Kier molecular flexibility index (Phi) is 3.52. The first-order valence-corrected chi connectivity index (χ1v) is 6.54. The van der Waals surface area contributed by atoms with E-state index in [0.717, 1.165) is 22.6 Å². The first-order valence-electron chi connectivity index (χ1n) is 5.66. The van der Waals surface area contributed by atoms with Gasteiger partial charge >= 0.3 is 0 Å². The molecule has 1 heterocycles. The summed E-state index contributed by atoms with van der Waals surface area (Å²) in [5.74, 6) is 0.237. The molecule has 0 bridgehead atoms. The Bertz CT molecular complexity index is 470. The van der Waals surface area contributed by atoms with Crippen molar-refractivity contribution in [1.82, 2.24) is 0 Å². The molecule has 0 aromatic heterocycles. The molecule has 1 N–H and O–H groups in total. The number of thioether (sulfide) groups is 1. The third-order valence-corrected chi connectivity index (χ3v) is 3.92. The minimum atomic E-state index is -0.0365. The van der Waals surface area contributed by atoms with Crippen molar-refractivity contribution >= 4 is 29.1 Å². The number of hydrogen-bond acceptors (Lipinski definition) is 3. The number of carbonyl (C=O) groups is 2. The van der Waals surface area contributed by atoms with E-state index in [2.05, 4.69) is 5.32 Å². The molecule has 0 saturated carbocycles. The summed E-state index contributed by atoms with van der Waals surface area (Å²) in [7, 11) is 0. The molecule has 4 heteroatoms. The van der Waals surface area contributed by atoms with Crippen LogP contribution in [-0.2, 0) is 16.0 Å². The van der Waals surface area contributed by atoms with Gasteiger partial charge in [-0.2, -0.15) is 0 Å². The number of amides is 1. The van der Waals surface area contributed by atoms with Gasteiger partial charge in [0.25, 0.3) is 0 Å². The number of hydrogen-bond donors (Lipinski definition) is 1. The summed E-state index contributed by atoms with van der Waals surface area (Å²) in [5.41, 5.74) is 1.97. The number of nitrogens with one attached hydrogen (secondary N) is 1. The average Bonchev–Trinajstić information content (AvgIpc) is 2.28. The van der Waals surface area contributed by atoms with E-state index >= 15 is 0 Å². The molecule has 90 valence electrons. The first kappa shape index (κ1) is 12.2. The summed E-state index contributed by atoms with van der Waals surface area (Å²) in [5, 5.41) is 2.86. The fraction of sp³-hybridized carbons (Fsp3) is 0.385. The molecule has 0 radical (unpaired) electrons. The first-order chi connectivity index (χ1) is 8.06. The van der Waals surface area contributed by atoms with Crippen LogP contribution < -0.4 is 5.32 Å². The Morgan fingerprint density at radius 3 is 2.94 bits per heavy atom. The molecule has 1 amide bonds. The van der Waals surface area contributed by atoms with E-state index in [1.807, 2.05) is 25.1 Å². The van der Waals surface area contributed by atoms with Crippen LogP contribution in [0.2, 0.25) is 0 Å². The van der Waals surface area contributed by atoms with Crippen molar-refractivity contribution in [3.8, 4) is 0 Å². The Morgan fingerprint density at radius 2 is 2.24 bits per heavy atom. The SMILES string of the molecule is CC(=O)CCc1ccc2c(c1)NC(=O)C(C)S2. The molecule has 1 aromatic rings. The number of fused-ring (bicyclic) bond motifs is 1. The fourth-order valence-electron chi connectivity index (χ4n) is 1.73. The number of anilines is 1. The van der Waals surface area contributed by atoms with Gasteiger partial charge in [-0.15, -0.1) is 11.8 Å². The third kappa shape index (κ3) is 2.88. The van der Waals surface area contributed by atoms with Crippen LogP contribution in [0.4, 0.5) is 5.69 Å². The maximum Gasteiger partial charge on any atom is 0.237 e. The Balaban J connectivity index is 2.17. The highest BCUT2D eigenvalue weighted by Gasteiger charge is 2.22. The van der Waals surface area contributed by atoms with Crippen molar-refractivity contribution < 1.29 is 9.59 Å². The van der Waals surface area contributed by atoms with Crippen molar-refractivity contribution in [1.29, 1.82) is 0 Å². The van der Waals surface area contributed by atoms with E-state index in [9.17, 15) is 9.59 Å². The molecule has 1 unspecified atom stereocenters. The van der Waals surface area contributed by atoms with Gasteiger partial charge in [0.15, 0.2) is 0 Å². The minimum absolute atomic E-state index is 0.0365. The highest BCUT2D eigenvalue weighted by atomic mass is 32.2. The molecule has 17 heavy (non-hydrogen) atoms. The molecule has 0 fully saturated rings. The second-order valence-electron chi connectivity index (χ2n) is 4.28. The minimum Gasteiger partial charge on any atom is -0.324 e. The van der Waals surface area contributed by atoms with Crippen molar-refractivity contribution in [2.75, 3.05) is 5.32 Å². The zero-order chi connectivity index (χ0) is 12.4. The Labute approximate surface area is 105 Å². The number of carbonyl (C=O) groups excluding carboxylic acids is 2. The molecular formula is C13H15NO2S. The van der Waals surface area contributed by atoms with Crippen LogP contribution in [0.15, 0.2) is 23.1 Å². The summed E-state index contributed by atoms with van der Waals surface area (Å²) in [6, 6.07) is 6.01. The van der Waals surface area contributed by atoms with Crippen molar-refractivity contribution in [3.63, 3.8) is 0 Å². The molecule has 1 aliphatic heterocycles. The molecule has 1 aromatic carbocycles. The van der Waals surface area contributed by atoms with E-state index < -0.39 is 0 Å². The summed E-state index contributed by atoms with van der Waals surface area (Å²) >= 11 is 1.57. The van der Waals surface area contributed by atoms with Crippen LogP contribution in [0, 0.1) is 0 Å². The van der Waals surface area contributed by atoms with Crippen molar-refractivity contribution in [3.05, 3.63) is 23.8 Å². The van der Waals surface area contributed by atoms with Crippen molar-refractivity contribution in [2.24, 2.45) is 0 Å². The predicted octanol–water partition coefficient (Wildman–Crippen LogP) is 2.64. The van der Waals surface area contributed by atoms with Gasteiger partial charge < -0.3 is 10.1 Å². The van der Waals surface area contributed by atoms with Crippen LogP contribution >= 0.6 is 11.8 Å². The topological polar surface area (TPSA) is 46.2 Å². The summed E-state index contributed by atoms with van der Waals surface area (Å²) in [6.45, 7) is 3.49. The van der Waals surface area contributed by atoms with Crippen LogP contribution in [0.25, 0.3) is 0 Å². The molecule has 0 spiro atoms. The van der Waals surface area contributed by atoms with Crippen LogP contribution in [0.1, 0.15) is 25.8 Å². The number of rotatable bonds is 3. The summed E-state index contributed by atoms with van der Waals surface area (Å²) in [6.07, 6.45) is 1.29. The molecule has 3 nitrogen and oxygen atoms in total. The largest absolute Gasteiger partial charge is 0.324 e. The second-order valence-corrected chi connectivity index (χ2v) is 5.66. The molecule has 0 saturated heterocycles. The Morgan fingerprint density at radius 1 is 1.47 bits per heavy atom. The third-order valence-electron chi connectivity index (χ3n) is 2.74. The van der Waals surface area contributed by atoms with Gasteiger partial charge in [-0.1, -0.05) is 6.07 Å². The normalized spacial score (nSPS) is 18.5. The number of Topliss-reactive ketones (excluding diaryl/α,β-unsaturated/α-hetero) is 1. The monoisotopic (exact) mass is 249 g/mol. The van der Waals surface area contributed by atoms with E-state index in [4.69, 9.17) is 0 Å². The second kappa shape index (κ2) is 4.92. The van der Waals surface area contributed by atoms with E-state index in [1.54, 1.807) is 18.7 Å². The smallest absolute Gasteiger partial charge is 0.237 e. The molecule has 1 atom stereocenters. The predicted molar refractivity (Wildman–Crippen MR) is 69.4 cm³/mol. The van der Waals surface area contributed by atoms with Gasteiger partial charge in [-0.05, 0) is 38.0 Å². The van der Waals surface area contributed by atoms with Gasteiger partial charge in [0.05, 0.1) is 10.9 Å². The van der Waals surface area contributed by atoms with Gasteiger partial charge in [0.1, 0.15) is 5.78 Å². The zero-order valence-electron chi connectivity index (χ0n) is 9.95. The number of ketones is 1. The lowest BCUT2D eigenvalue weighted by Gasteiger charge is -2.21. The lowest BCUT2D eigenvalue weighted by molar-refractivity contribution is -0.117. The summed E-state index contributed by atoms with van der Waals surface area (Å²) < 4.78 is 0. The van der Waals surface area contributed by atoms with Gasteiger partial charge in [-0.3, -0.25) is 4.79 Å². The Hall–Kier alpha value is -1.29. The van der Waals surface area contributed by atoms with Crippen LogP contribution in [0.3, 0.4) is 0 Å². The molecule has 2 rings (SSSR count). The lowest BCUT2D eigenvalue weighted by Crippen LogP contribution is -2.26. The van der Waals surface area contributed by atoms with Gasteiger partial charge in [0.2, 0.25) is 5.91 Å². The van der Waals surface area contributed by atoms with Crippen molar-refractivity contribution in [2.45, 2.75) is 36.8 Å². The highest BCUT2D eigenvalue weighted by molar-refractivity contribution is 8.00. The van der Waals surface area contributed by atoms with Crippen LogP contribution in [-0.4, -0.2) is 16.9 Å². The highest BCUT2D eigenvalue weighted by Crippen LogP contribution is 2.36. The van der Waals surface area contributed by atoms with Gasteiger partial charge in [0, 0.05) is 11.3 Å². The average molecular weight is 249 g/mol. The fourth-order valence-corrected chi connectivity index (χ4v) is 2.66. The summed E-state index contributed by atoms with van der Waals surface area (Å²) in [4.78, 5) is 23.6. The molecular weight excluding hydrogens is 234 g/mol.